The quantitative estimate of drug-likeness (QED) is 0.572. The first-order valence-electron chi connectivity index (χ1n) is 3.81. The fourth-order valence-electron chi connectivity index (χ4n) is 1.66. The predicted octanol–water partition coefficient (Wildman–Crippen LogP) is -0.287. The van der Waals surface area contributed by atoms with Crippen LogP contribution in [0.15, 0.2) is 0 Å². The Balaban J connectivity index is 2.04. The molecule has 4 heteroatoms. The number of fused-ring (bicyclic) bond motifs is 1. The minimum absolute atomic E-state index is 0.111. The van der Waals surface area contributed by atoms with Crippen molar-refractivity contribution < 1.29 is 19.3 Å². The zero-order valence-electron chi connectivity index (χ0n) is 6.40. The summed E-state index contributed by atoms with van der Waals surface area (Å²) >= 11 is 0. The SMILES string of the molecule is COC1OC2OCCC2[C@H]1O. The van der Waals surface area contributed by atoms with Crippen LogP contribution in [0.25, 0.3) is 0 Å². The normalized spacial score (nSPS) is 49.6. The highest BCUT2D eigenvalue weighted by Gasteiger charge is 2.47. The van der Waals surface area contributed by atoms with Crippen molar-refractivity contribution in [2.45, 2.75) is 25.1 Å². The molecule has 2 saturated heterocycles. The third-order valence-electron chi connectivity index (χ3n) is 2.30. The molecule has 0 saturated carbocycles. The van der Waals surface area contributed by atoms with Crippen LogP contribution in [0.1, 0.15) is 6.42 Å². The minimum atomic E-state index is -0.521. The largest absolute Gasteiger partial charge is 0.387 e. The molecule has 0 aromatic heterocycles. The molecule has 11 heavy (non-hydrogen) atoms. The molecule has 0 spiro atoms. The second-order valence-electron chi connectivity index (χ2n) is 2.92. The summed E-state index contributed by atoms with van der Waals surface area (Å²) in [5.41, 5.74) is 0. The Kier molecular flexibility index (Phi) is 1.85. The number of hydrogen-bond acceptors (Lipinski definition) is 4. The third kappa shape index (κ3) is 1.06. The highest BCUT2D eigenvalue weighted by molar-refractivity contribution is 4.85. The number of aliphatic hydroxyl groups excluding tert-OH is 1. The van der Waals surface area contributed by atoms with Gasteiger partial charge in [-0.1, -0.05) is 0 Å². The standard InChI is InChI=1S/C7H12O4/c1-9-7-5(8)4-2-3-10-6(4)11-7/h4-8H,2-3H2,1H3/t4?,5-,6?,7?/m1/s1. The van der Waals surface area contributed by atoms with Crippen LogP contribution in [0.4, 0.5) is 0 Å². The molecule has 0 bridgehead atoms. The van der Waals surface area contributed by atoms with Crippen LogP contribution in [0, 0.1) is 5.92 Å². The summed E-state index contributed by atoms with van der Waals surface area (Å²) in [6.45, 7) is 0.683. The number of hydrogen-bond donors (Lipinski definition) is 1. The van der Waals surface area contributed by atoms with Crippen LogP contribution in [0.2, 0.25) is 0 Å². The molecule has 2 aliphatic rings. The van der Waals surface area contributed by atoms with Crippen molar-refractivity contribution >= 4 is 0 Å². The van der Waals surface area contributed by atoms with Crippen molar-refractivity contribution in [1.29, 1.82) is 0 Å². The summed E-state index contributed by atoms with van der Waals surface area (Å²) in [6.07, 6.45) is -0.390. The fraction of sp³-hybridized carbons (Fsp3) is 1.00. The lowest BCUT2D eigenvalue weighted by molar-refractivity contribution is -0.201. The molecule has 0 aliphatic carbocycles. The molecule has 0 aromatic rings. The molecule has 1 N–H and O–H groups in total. The zero-order chi connectivity index (χ0) is 7.84. The molecule has 2 heterocycles. The van der Waals surface area contributed by atoms with Crippen molar-refractivity contribution in [3.63, 3.8) is 0 Å². The van der Waals surface area contributed by atoms with Crippen LogP contribution in [0.3, 0.4) is 0 Å². The summed E-state index contributed by atoms with van der Waals surface area (Å²) in [5.74, 6) is 0.111. The monoisotopic (exact) mass is 160 g/mol. The number of ether oxygens (including phenoxy) is 3. The van der Waals surface area contributed by atoms with Gasteiger partial charge in [-0.15, -0.1) is 0 Å². The van der Waals surface area contributed by atoms with Gasteiger partial charge in [0, 0.05) is 13.0 Å². The molecule has 64 valence electrons. The molecule has 2 aliphatic heterocycles. The van der Waals surface area contributed by atoms with Gasteiger partial charge in [0.1, 0.15) is 6.10 Å². The molecular formula is C7H12O4. The summed E-state index contributed by atoms with van der Waals surface area (Å²) in [7, 11) is 1.52. The first-order valence-corrected chi connectivity index (χ1v) is 3.81. The third-order valence-corrected chi connectivity index (χ3v) is 2.30. The Morgan fingerprint density at radius 3 is 3.00 bits per heavy atom. The number of rotatable bonds is 1. The Labute approximate surface area is 65.1 Å². The van der Waals surface area contributed by atoms with Crippen molar-refractivity contribution in [1.82, 2.24) is 0 Å². The second kappa shape index (κ2) is 2.71. The first kappa shape index (κ1) is 7.49. The van der Waals surface area contributed by atoms with E-state index in [1.165, 1.54) is 7.11 Å². The van der Waals surface area contributed by atoms with Crippen LogP contribution >= 0.6 is 0 Å². The second-order valence-corrected chi connectivity index (χ2v) is 2.92. The molecule has 0 aromatic carbocycles. The van der Waals surface area contributed by atoms with E-state index in [-0.39, 0.29) is 12.2 Å². The number of methoxy groups -OCH3 is 1. The van der Waals surface area contributed by atoms with E-state index in [0.29, 0.717) is 6.61 Å². The average molecular weight is 160 g/mol. The van der Waals surface area contributed by atoms with Gasteiger partial charge in [0.2, 0.25) is 0 Å². The van der Waals surface area contributed by atoms with Crippen LogP contribution in [-0.2, 0) is 14.2 Å². The van der Waals surface area contributed by atoms with Gasteiger partial charge in [0.25, 0.3) is 0 Å². The fourth-order valence-corrected chi connectivity index (χ4v) is 1.66. The molecule has 3 unspecified atom stereocenters. The highest BCUT2D eigenvalue weighted by atomic mass is 16.8. The maximum absolute atomic E-state index is 9.53. The van der Waals surface area contributed by atoms with Gasteiger partial charge < -0.3 is 19.3 Å². The molecule has 0 amide bonds. The van der Waals surface area contributed by atoms with E-state index in [9.17, 15) is 5.11 Å². The van der Waals surface area contributed by atoms with Crippen LogP contribution in [0.5, 0.6) is 0 Å². The molecule has 0 radical (unpaired) electrons. The van der Waals surface area contributed by atoms with E-state index in [1.54, 1.807) is 0 Å². The minimum Gasteiger partial charge on any atom is -0.387 e. The molecule has 2 fully saturated rings. The molecule has 2 rings (SSSR count). The Hall–Kier alpha value is -0.160. The van der Waals surface area contributed by atoms with Crippen molar-refractivity contribution in [3.8, 4) is 0 Å². The van der Waals surface area contributed by atoms with Gasteiger partial charge in [-0.25, -0.2) is 0 Å². The average Bonchev–Trinajstić information content (AvgIpc) is 2.53. The van der Waals surface area contributed by atoms with Crippen molar-refractivity contribution in [3.05, 3.63) is 0 Å². The van der Waals surface area contributed by atoms with E-state index in [4.69, 9.17) is 14.2 Å². The molecule has 4 atom stereocenters. The van der Waals surface area contributed by atoms with E-state index in [2.05, 4.69) is 0 Å². The Morgan fingerprint density at radius 1 is 1.55 bits per heavy atom. The van der Waals surface area contributed by atoms with E-state index in [1.807, 2.05) is 0 Å². The van der Waals surface area contributed by atoms with Crippen molar-refractivity contribution in [2.24, 2.45) is 5.92 Å². The Morgan fingerprint density at radius 2 is 2.36 bits per heavy atom. The Bertz CT molecular complexity index is 149. The van der Waals surface area contributed by atoms with E-state index >= 15 is 0 Å². The lowest BCUT2D eigenvalue weighted by Crippen LogP contribution is -2.27. The molecule has 4 nitrogen and oxygen atoms in total. The maximum atomic E-state index is 9.53. The topological polar surface area (TPSA) is 47.9 Å². The molecular weight excluding hydrogens is 148 g/mol. The van der Waals surface area contributed by atoms with Crippen LogP contribution in [-0.4, -0.2) is 37.5 Å². The zero-order valence-corrected chi connectivity index (χ0v) is 6.40. The predicted molar refractivity (Wildman–Crippen MR) is 35.7 cm³/mol. The summed E-state index contributed by atoms with van der Waals surface area (Å²) in [6, 6.07) is 0. The van der Waals surface area contributed by atoms with E-state index in [0.717, 1.165) is 6.42 Å². The van der Waals surface area contributed by atoms with Gasteiger partial charge in [-0.2, -0.15) is 0 Å². The number of aliphatic hydroxyl groups is 1. The van der Waals surface area contributed by atoms with Gasteiger partial charge >= 0.3 is 0 Å². The maximum Gasteiger partial charge on any atom is 0.186 e. The van der Waals surface area contributed by atoms with Gasteiger partial charge in [-0.3, -0.25) is 0 Å². The summed E-state index contributed by atoms with van der Waals surface area (Å²) < 4.78 is 15.4. The summed E-state index contributed by atoms with van der Waals surface area (Å²) in [5, 5.41) is 9.53. The lowest BCUT2D eigenvalue weighted by atomic mass is 10.0. The summed E-state index contributed by atoms with van der Waals surface area (Å²) in [4.78, 5) is 0. The van der Waals surface area contributed by atoms with E-state index < -0.39 is 12.4 Å². The first-order chi connectivity index (χ1) is 5.33. The van der Waals surface area contributed by atoms with Crippen LogP contribution < -0.4 is 0 Å². The highest BCUT2D eigenvalue weighted by Crippen LogP contribution is 2.35. The van der Waals surface area contributed by atoms with Gasteiger partial charge in [0.05, 0.1) is 6.61 Å². The van der Waals surface area contributed by atoms with Gasteiger partial charge in [-0.05, 0) is 6.42 Å². The smallest absolute Gasteiger partial charge is 0.186 e. The lowest BCUT2D eigenvalue weighted by Gasteiger charge is -2.13. The van der Waals surface area contributed by atoms with Gasteiger partial charge in [0.15, 0.2) is 12.6 Å². The van der Waals surface area contributed by atoms with Crippen molar-refractivity contribution in [2.75, 3.05) is 13.7 Å².